The Kier molecular flexibility index (Phi) is 9.35. The van der Waals surface area contributed by atoms with Gasteiger partial charge in [-0.25, -0.2) is 4.68 Å². The van der Waals surface area contributed by atoms with Crippen molar-refractivity contribution >= 4 is 35.3 Å². The predicted molar refractivity (Wildman–Crippen MR) is 132 cm³/mol. The quantitative estimate of drug-likeness (QED) is 0.294. The van der Waals surface area contributed by atoms with E-state index in [9.17, 15) is 24.0 Å². The van der Waals surface area contributed by atoms with Gasteiger partial charge in [0, 0.05) is 27.7 Å². The summed E-state index contributed by atoms with van der Waals surface area (Å²) in [7, 11) is 0. The molecule has 1 fully saturated rings. The number of nitrogens with zero attached hydrogens (tertiary/aromatic N) is 3. The van der Waals surface area contributed by atoms with Crippen molar-refractivity contribution in [2.45, 2.75) is 72.2 Å². The zero-order chi connectivity index (χ0) is 28.9. The third-order valence-electron chi connectivity index (χ3n) is 5.58. The summed E-state index contributed by atoms with van der Waals surface area (Å²) < 4.78 is 28.3. The third kappa shape index (κ3) is 7.37. The molecule has 0 radical (unpaired) electrons. The van der Waals surface area contributed by atoms with E-state index in [4.69, 9.17) is 23.7 Å². The van der Waals surface area contributed by atoms with Gasteiger partial charge >= 0.3 is 23.9 Å². The van der Waals surface area contributed by atoms with Gasteiger partial charge in [-0.2, -0.15) is 5.11 Å². The van der Waals surface area contributed by atoms with Crippen molar-refractivity contribution < 1.29 is 42.9 Å². The molecule has 1 N–H and O–H groups in total. The van der Waals surface area contributed by atoms with Gasteiger partial charge < -0.3 is 23.7 Å². The first kappa shape index (κ1) is 29.2. The number of H-pyrrole nitrogens is 1. The number of aromatic nitrogens is 2. The van der Waals surface area contributed by atoms with Crippen LogP contribution in [0.3, 0.4) is 0 Å². The molecule has 0 amide bonds. The van der Waals surface area contributed by atoms with Gasteiger partial charge in [-0.15, -0.1) is 5.11 Å². The molecule has 0 bridgehead atoms. The molecule has 3 rings (SSSR count). The minimum Gasteiger partial charge on any atom is -0.463 e. The number of nitrogens with one attached hydrogen (secondary N) is 1. The first-order valence-electron chi connectivity index (χ1n) is 12.0. The van der Waals surface area contributed by atoms with Gasteiger partial charge in [-0.3, -0.25) is 29.1 Å². The highest BCUT2D eigenvalue weighted by Crippen LogP contribution is 2.34. The summed E-state index contributed by atoms with van der Waals surface area (Å²) in [4.78, 5) is 60.9. The maximum Gasteiger partial charge on any atom is 0.303 e. The van der Waals surface area contributed by atoms with E-state index in [0.29, 0.717) is 11.4 Å². The number of hydrogen-bond donors (Lipinski definition) is 1. The number of rotatable bonds is 8. The van der Waals surface area contributed by atoms with Crippen LogP contribution in [0.15, 0.2) is 39.3 Å². The summed E-state index contributed by atoms with van der Waals surface area (Å²) >= 11 is 0. The van der Waals surface area contributed by atoms with E-state index < -0.39 is 66.7 Å². The van der Waals surface area contributed by atoms with Crippen molar-refractivity contribution in [1.82, 2.24) is 9.78 Å². The fraction of sp³-hybridized carbons (Fsp3) is 0.480. The molecule has 0 unspecified atom stereocenters. The minimum atomic E-state index is -1.46. The van der Waals surface area contributed by atoms with Gasteiger partial charge in [-0.05, 0) is 26.0 Å². The molecule has 1 saturated heterocycles. The summed E-state index contributed by atoms with van der Waals surface area (Å²) in [6, 6.07) is 7.15. The molecule has 1 aromatic heterocycles. The molecular weight excluding hydrogens is 516 g/mol. The second kappa shape index (κ2) is 12.5. The number of ether oxygens (including phenoxy) is 5. The number of aromatic amines is 1. The second-order valence-corrected chi connectivity index (χ2v) is 8.89. The van der Waals surface area contributed by atoms with Crippen molar-refractivity contribution in [2.24, 2.45) is 10.2 Å². The van der Waals surface area contributed by atoms with Crippen LogP contribution in [-0.2, 0) is 42.9 Å². The van der Waals surface area contributed by atoms with Crippen LogP contribution >= 0.6 is 0 Å². The Labute approximate surface area is 223 Å². The van der Waals surface area contributed by atoms with Crippen LogP contribution in [-0.4, -0.2) is 64.7 Å². The van der Waals surface area contributed by atoms with E-state index in [1.165, 1.54) is 0 Å². The highest BCUT2D eigenvalue weighted by atomic mass is 16.7. The van der Waals surface area contributed by atoms with Gasteiger partial charge in [0.25, 0.3) is 5.56 Å². The first-order valence-corrected chi connectivity index (χ1v) is 12.0. The molecule has 0 aliphatic carbocycles. The Balaban J connectivity index is 2.09. The molecule has 1 aliphatic rings. The standard InChI is InChI=1S/C25H30N4O10/c1-12-7-9-18(10-8-12)26-27-20-13(2)28-29(24(20)34)25-23(38-17(6)33)22(37-16(5)32)21(36-15(4)31)19(39-25)11-35-14(3)30/h7-10,19,21-23,25,28H,11H2,1-6H3/t19-,21-,22+,23-,25-/m1/s1. The number of esters is 4. The monoisotopic (exact) mass is 546 g/mol. The lowest BCUT2D eigenvalue weighted by molar-refractivity contribution is -0.270. The highest BCUT2D eigenvalue weighted by molar-refractivity contribution is 5.68. The lowest BCUT2D eigenvalue weighted by atomic mass is 9.97. The van der Waals surface area contributed by atoms with Crippen LogP contribution in [0.25, 0.3) is 0 Å². The lowest BCUT2D eigenvalue weighted by Crippen LogP contribution is -2.61. The van der Waals surface area contributed by atoms with Gasteiger partial charge in [0.1, 0.15) is 12.7 Å². The fourth-order valence-corrected chi connectivity index (χ4v) is 3.99. The van der Waals surface area contributed by atoms with E-state index in [1.807, 2.05) is 19.1 Å². The molecule has 14 heteroatoms. The van der Waals surface area contributed by atoms with E-state index in [0.717, 1.165) is 37.9 Å². The minimum absolute atomic E-state index is 0.0524. The smallest absolute Gasteiger partial charge is 0.303 e. The Morgan fingerprint density at radius 3 is 1.97 bits per heavy atom. The third-order valence-corrected chi connectivity index (χ3v) is 5.58. The van der Waals surface area contributed by atoms with Gasteiger partial charge in [0.05, 0.1) is 11.4 Å². The lowest BCUT2D eigenvalue weighted by Gasteiger charge is -2.44. The van der Waals surface area contributed by atoms with E-state index >= 15 is 0 Å². The number of azo groups is 1. The maximum absolute atomic E-state index is 13.4. The molecule has 2 heterocycles. The first-order chi connectivity index (χ1) is 18.4. The Hall–Kier alpha value is -4.33. The van der Waals surface area contributed by atoms with Crippen molar-refractivity contribution in [3.05, 3.63) is 45.9 Å². The fourth-order valence-electron chi connectivity index (χ4n) is 3.99. The van der Waals surface area contributed by atoms with Crippen molar-refractivity contribution in [3.8, 4) is 0 Å². The molecule has 5 atom stereocenters. The number of carbonyl (C=O) groups is 4. The normalized spacial score (nSPS) is 22.8. The second-order valence-electron chi connectivity index (χ2n) is 8.89. The SMILES string of the molecule is CC(=O)OC[C@H]1O[C@@H](n2[nH]c(C)c(N=Nc3ccc(C)cc3)c2=O)[C@H](OC(C)=O)[C@@H](OC(C)=O)[C@@H]1OC(C)=O. The van der Waals surface area contributed by atoms with Gasteiger partial charge in [0.15, 0.2) is 30.2 Å². The summed E-state index contributed by atoms with van der Waals surface area (Å²) in [6.07, 6.45) is -6.88. The topological polar surface area (TPSA) is 177 Å². The van der Waals surface area contributed by atoms with E-state index in [2.05, 4.69) is 15.3 Å². The van der Waals surface area contributed by atoms with E-state index in [1.54, 1.807) is 19.1 Å². The van der Waals surface area contributed by atoms with Crippen molar-refractivity contribution in [3.63, 3.8) is 0 Å². The summed E-state index contributed by atoms with van der Waals surface area (Å²) in [5.41, 5.74) is 1.11. The molecule has 1 aromatic carbocycles. The Bertz CT molecular complexity index is 1310. The molecular formula is C25H30N4O10. The van der Waals surface area contributed by atoms with Crippen molar-refractivity contribution in [1.29, 1.82) is 0 Å². The summed E-state index contributed by atoms with van der Waals surface area (Å²) in [6.45, 7) is 7.56. The van der Waals surface area contributed by atoms with Crippen LogP contribution in [0.4, 0.5) is 11.4 Å². The van der Waals surface area contributed by atoms with Gasteiger partial charge in [-0.1, -0.05) is 17.7 Å². The zero-order valence-corrected chi connectivity index (χ0v) is 22.3. The number of carbonyl (C=O) groups excluding carboxylic acids is 4. The Morgan fingerprint density at radius 2 is 1.41 bits per heavy atom. The average Bonchev–Trinajstić information content (AvgIpc) is 3.12. The molecule has 0 spiro atoms. The zero-order valence-electron chi connectivity index (χ0n) is 22.3. The average molecular weight is 547 g/mol. The number of hydrogen-bond acceptors (Lipinski definition) is 12. The van der Waals surface area contributed by atoms with Crippen LogP contribution < -0.4 is 5.56 Å². The molecule has 1 aliphatic heterocycles. The molecule has 2 aromatic rings. The molecule has 39 heavy (non-hydrogen) atoms. The Morgan fingerprint density at radius 1 is 0.846 bits per heavy atom. The van der Waals surface area contributed by atoms with Crippen LogP contribution in [0, 0.1) is 13.8 Å². The maximum atomic E-state index is 13.4. The van der Waals surface area contributed by atoms with Crippen LogP contribution in [0.1, 0.15) is 45.2 Å². The molecule has 0 saturated carbocycles. The van der Waals surface area contributed by atoms with E-state index in [-0.39, 0.29) is 5.69 Å². The summed E-state index contributed by atoms with van der Waals surface area (Å²) in [5.74, 6) is -3.00. The van der Waals surface area contributed by atoms with Crippen molar-refractivity contribution in [2.75, 3.05) is 6.61 Å². The number of benzene rings is 1. The molecule has 210 valence electrons. The molecule has 14 nitrogen and oxygen atoms in total. The van der Waals surface area contributed by atoms with Crippen LogP contribution in [0.5, 0.6) is 0 Å². The highest BCUT2D eigenvalue weighted by Gasteiger charge is 2.53. The predicted octanol–water partition coefficient (Wildman–Crippen LogP) is 2.46. The largest absolute Gasteiger partial charge is 0.463 e. The van der Waals surface area contributed by atoms with Gasteiger partial charge in [0.2, 0.25) is 0 Å². The van der Waals surface area contributed by atoms with Crippen LogP contribution in [0.2, 0.25) is 0 Å². The summed E-state index contributed by atoms with van der Waals surface area (Å²) in [5, 5.41) is 11.0. The number of aryl methyl sites for hydroxylation is 2.